The number of benzene rings is 1. The number of aliphatic hydroxyl groups excluding tert-OH is 1. The fourth-order valence-electron chi connectivity index (χ4n) is 2.92. The van der Waals surface area contributed by atoms with Crippen molar-refractivity contribution in [3.63, 3.8) is 0 Å². The molecule has 2 rings (SSSR count). The van der Waals surface area contributed by atoms with Crippen LogP contribution in [0.25, 0.3) is 0 Å². The quantitative estimate of drug-likeness (QED) is 0.435. The molecule has 6 nitrogen and oxygen atoms in total. The first-order valence-corrected chi connectivity index (χ1v) is 10.4. The van der Waals surface area contributed by atoms with E-state index in [0.29, 0.717) is 18.8 Å². The molecule has 30 heavy (non-hydrogen) atoms. The molecule has 166 valence electrons. The molecule has 0 unspecified atom stereocenters. The molecule has 0 saturated heterocycles. The maximum atomic E-state index is 12.5. The van der Waals surface area contributed by atoms with Crippen LogP contribution in [0.1, 0.15) is 50.9 Å². The summed E-state index contributed by atoms with van der Waals surface area (Å²) < 4.78 is 17.2. The standard InChI is InChI=1S/C24H34O6/c1-6-19(30-21(26)18-10-8-7-9-11-18)20(17(2)14-25)28-15-24(12-13-24)16-29-22(27)23(3,4)5/h6-11,17,19-20,25H,1,12-16H2,2-5H3/t17-,19-,20+/m1/s1. The van der Waals surface area contributed by atoms with Crippen molar-refractivity contribution in [2.45, 2.75) is 52.7 Å². The molecule has 0 amide bonds. The van der Waals surface area contributed by atoms with E-state index < -0.39 is 23.6 Å². The number of aliphatic hydroxyl groups is 1. The van der Waals surface area contributed by atoms with E-state index in [2.05, 4.69) is 6.58 Å². The largest absolute Gasteiger partial charge is 0.465 e. The minimum Gasteiger partial charge on any atom is -0.465 e. The Kier molecular flexibility index (Phi) is 8.21. The Morgan fingerprint density at radius 2 is 1.83 bits per heavy atom. The normalized spacial score (nSPS) is 18.0. The maximum Gasteiger partial charge on any atom is 0.338 e. The van der Waals surface area contributed by atoms with Crippen molar-refractivity contribution < 1.29 is 28.9 Å². The van der Waals surface area contributed by atoms with Crippen molar-refractivity contribution in [3.05, 3.63) is 48.6 Å². The van der Waals surface area contributed by atoms with Gasteiger partial charge in [-0.25, -0.2) is 4.79 Å². The molecule has 1 fully saturated rings. The SMILES string of the molecule is C=C[C@@H](OC(=O)c1ccccc1)[C@@H](OCC1(COC(=O)C(C)(C)C)CC1)[C@H](C)CO. The van der Waals surface area contributed by atoms with Crippen LogP contribution in [0.5, 0.6) is 0 Å². The van der Waals surface area contributed by atoms with Crippen LogP contribution in [0.2, 0.25) is 0 Å². The number of carbonyl (C=O) groups is 2. The molecule has 0 aliphatic heterocycles. The molecule has 3 atom stereocenters. The van der Waals surface area contributed by atoms with Gasteiger partial charge >= 0.3 is 11.9 Å². The minimum atomic E-state index is -0.715. The zero-order chi connectivity index (χ0) is 22.4. The summed E-state index contributed by atoms with van der Waals surface area (Å²) in [7, 11) is 0. The van der Waals surface area contributed by atoms with Crippen LogP contribution in [0.4, 0.5) is 0 Å². The third kappa shape index (κ3) is 6.67. The van der Waals surface area contributed by atoms with Crippen molar-refractivity contribution in [1.29, 1.82) is 0 Å². The van der Waals surface area contributed by atoms with Crippen LogP contribution >= 0.6 is 0 Å². The van der Waals surface area contributed by atoms with E-state index in [1.165, 1.54) is 6.08 Å². The van der Waals surface area contributed by atoms with E-state index in [9.17, 15) is 14.7 Å². The number of esters is 2. The van der Waals surface area contributed by atoms with Gasteiger partial charge < -0.3 is 19.3 Å². The number of carbonyl (C=O) groups excluding carboxylic acids is 2. The second-order valence-electron chi connectivity index (χ2n) is 9.23. The van der Waals surface area contributed by atoms with Gasteiger partial charge in [-0.2, -0.15) is 0 Å². The second kappa shape index (κ2) is 10.2. The van der Waals surface area contributed by atoms with Gasteiger partial charge in [0.25, 0.3) is 0 Å². The third-order valence-electron chi connectivity index (χ3n) is 5.32. The lowest BCUT2D eigenvalue weighted by atomic mass is 9.97. The summed E-state index contributed by atoms with van der Waals surface area (Å²) in [5.74, 6) is -0.987. The Labute approximate surface area is 179 Å². The van der Waals surface area contributed by atoms with Gasteiger partial charge in [0.05, 0.1) is 24.2 Å². The molecule has 0 heterocycles. The van der Waals surface area contributed by atoms with Gasteiger partial charge in [0, 0.05) is 17.9 Å². The Morgan fingerprint density at radius 1 is 1.20 bits per heavy atom. The molecule has 0 aromatic heterocycles. The van der Waals surface area contributed by atoms with Gasteiger partial charge in [-0.15, -0.1) is 0 Å². The fourth-order valence-corrected chi connectivity index (χ4v) is 2.92. The Hall–Kier alpha value is -2.18. The van der Waals surface area contributed by atoms with E-state index in [4.69, 9.17) is 14.2 Å². The smallest absolute Gasteiger partial charge is 0.338 e. The lowest BCUT2D eigenvalue weighted by Crippen LogP contribution is -2.40. The summed E-state index contributed by atoms with van der Waals surface area (Å²) in [6.45, 7) is 11.6. The Morgan fingerprint density at radius 3 is 2.33 bits per heavy atom. The Balaban J connectivity index is 2.00. The molecule has 6 heteroatoms. The molecule has 1 saturated carbocycles. The van der Waals surface area contributed by atoms with Crippen LogP contribution in [0, 0.1) is 16.7 Å². The minimum absolute atomic E-state index is 0.121. The highest BCUT2D eigenvalue weighted by atomic mass is 16.6. The first-order valence-electron chi connectivity index (χ1n) is 10.4. The van der Waals surface area contributed by atoms with Gasteiger partial charge in [0.15, 0.2) is 0 Å². The lowest BCUT2D eigenvalue weighted by molar-refractivity contribution is -0.156. The lowest BCUT2D eigenvalue weighted by Gasteiger charge is -2.30. The summed E-state index contributed by atoms with van der Waals surface area (Å²) in [4.78, 5) is 24.5. The summed E-state index contributed by atoms with van der Waals surface area (Å²) in [6, 6.07) is 8.70. The number of hydrogen-bond donors (Lipinski definition) is 1. The summed E-state index contributed by atoms with van der Waals surface area (Å²) >= 11 is 0. The van der Waals surface area contributed by atoms with Gasteiger partial charge in [0.2, 0.25) is 0 Å². The summed E-state index contributed by atoms with van der Waals surface area (Å²) in [5, 5.41) is 9.69. The van der Waals surface area contributed by atoms with Crippen molar-refractivity contribution in [2.24, 2.45) is 16.7 Å². The molecular formula is C24H34O6. The molecular weight excluding hydrogens is 384 g/mol. The van der Waals surface area contributed by atoms with Crippen molar-refractivity contribution in [3.8, 4) is 0 Å². The molecule has 1 aromatic carbocycles. The van der Waals surface area contributed by atoms with Crippen LogP contribution in [0.15, 0.2) is 43.0 Å². The first-order chi connectivity index (χ1) is 14.1. The molecule has 1 aliphatic carbocycles. The van der Waals surface area contributed by atoms with Crippen molar-refractivity contribution >= 4 is 11.9 Å². The molecule has 0 spiro atoms. The molecule has 0 radical (unpaired) electrons. The van der Waals surface area contributed by atoms with E-state index in [0.717, 1.165) is 12.8 Å². The number of hydrogen-bond acceptors (Lipinski definition) is 6. The molecule has 1 N–H and O–H groups in total. The second-order valence-corrected chi connectivity index (χ2v) is 9.23. The van der Waals surface area contributed by atoms with Crippen LogP contribution in [-0.2, 0) is 19.0 Å². The van der Waals surface area contributed by atoms with Crippen LogP contribution < -0.4 is 0 Å². The zero-order valence-electron chi connectivity index (χ0n) is 18.4. The number of rotatable bonds is 11. The molecule has 1 aromatic rings. The highest BCUT2D eigenvalue weighted by molar-refractivity contribution is 5.89. The average molecular weight is 419 g/mol. The third-order valence-corrected chi connectivity index (χ3v) is 5.32. The fraction of sp³-hybridized carbons (Fsp3) is 0.583. The average Bonchev–Trinajstić information content (AvgIpc) is 3.50. The molecule has 1 aliphatic rings. The zero-order valence-corrected chi connectivity index (χ0v) is 18.4. The molecule has 0 bridgehead atoms. The topological polar surface area (TPSA) is 82.1 Å². The Bertz CT molecular complexity index is 717. The van der Waals surface area contributed by atoms with E-state index in [1.54, 1.807) is 24.3 Å². The van der Waals surface area contributed by atoms with Crippen molar-refractivity contribution in [1.82, 2.24) is 0 Å². The predicted octanol–water partition coefficient (Wildman–Crippen LogP) is 3.78. The summed E-state index contributed by atoms with van der Waals surface area (Å²) in [5.41, 5.74) is -0.332. The monoisotopic (exact) mass is 418 g/mol. The van der Waals surface area contributed by atoms with Gasteiger partial charge in [-0.05, 0) is 51.8 Å². The van der Waals surface area contributed by atoms with Crippen LogP contribution in [0.3, 0.4) is 0 Å². The van der Waals surface area contributed by atoms with Gasteiger partial charge in [0.1, 0.15) is 12.2 Å². The summed E-state index contributed by atoms with van der Waals surface area (Å²) in [6.07, 6.45) is 2.04. The number of ether oxygens (including phenoxy) is 3. The van der Waals surface area contributed by atoms with E-state index in [1.807, 2.05) is 33.8 Å². The predicted molar refractivity (Wildman–Crippen MR) is 114 cm³/mol. The van der Waals surface area contributed by atoms with E-state index in [-0.39, 0.29) is 23.9 Å². The van der Waals surface area contributed by atoms with E-state index >= 15 is 0 Å². The van der Waals surface area contributed by atoms with Gasteiger partial charge in [-0.3, -0.25) is 4.79 Å². The highest BCUT2D eigenvalue weighted by Gasteiger charge is 2.46. The van der Waals surface area contributed by atoms with Crippen molar-refractivity contribution in [2.75, 3.05) is 19.8 Å². The van der Waals surface area contributed by atoms with Crippen LogP contribution in [-0.4, -0.2) is 49.1 Å². The highest BCUT2D eigenvalue weighted by Crippen LogP contribution is 2.47. The first kappa shape index (κ1) is 24.1. The maximum absolute atomic E-state index is 12.5. The van der Waals surface area contributed by atoms with Gasteiger partial charge in [-0.1, -0.05) is 31.7 Å².